The maximum Gasteiger partial charge on any atom is 0.479 e. The number of carbonyl (C=O) groups excluding carboxylic acids is 1. The van der Waals surface area contributed by atoms with Crippen LogP contribution in [-0.4, -0.2) is 180 Å². The number of methoxy groups -OCH3 is 1. The summed E-state index contributed by atoms with van der Waals surface area (Å²) in [5.74, 6) is -4.08. The number of phosphoric acid groups is 1. The van der Waals surface area contributed by atoms with E-state index in [2.05, 4.69) is 29.2 Å². The van der Waals surface area contributed by atoms with Gasteiger partial charge in [0.05, 0.1) is 51.1 Å². The van der Waals surface area contributed by atoms with Crippen LogP contribution < -0.4 is 37.7 Å². The Bertz CT molecular complexity index is 3390. The highest BCUT2D eigenvalue weighted by Gasteiger charge is 2.55. The number of fused-ring (bicyclic) bond motifs is 2. The maximum absolute atomic E-state index is 14.2. The molecule has 0 aromatic carbocycles. The molecule has 8 heterocycles. The number of phosphoric ester groups is 1. The summed E-state index contributed by atoms with van der Waals surface area (Å²) in [6, 6.07) is 0.921. The number of hydrogen-bond acceptors (Lipinski definition) is 26. The smallest absolute Gasteiger partial charge is 0.479 e. The van der Waals surface area contributed by atoms with Crippen molar-refractivity contribution < 1.29 is 99.3 Å². The van der Waals surface area contributed by atoms with Crippen LogP contribution in [0, 0.1) is 5.92 Å². The quantitative estimate of drug-likeness (QED) is 0.0259. The summed E-state index contributed by atoms with van der Waals surface area (Å²) in [6.07, 6.45) is -12.6. The lowest BCUT2D eigenvalue weighted by molar-refractivity contribution is -0.745. The highest BCUT2D eigenvalue weighted by Crippen LogP contribution is 2.67. The second-order valence-corrected chi connectivity index (χ2v) is 25.5. The third-order valence-electron chi connectivity index (χ3n) is 12.4. The average molecular weight is 1160 g/mol. The van der Waals surface area contributed by atoms with Crippen LogP contribution in [-0.2, 0) is 66.9 Å². The molecule has 3 aliphatic rings. The Kier molecular flexibility index (Phi) is 16.3. The number of aryl methyl sites for hydroxylation is 1. The second kappa shape index (κ2) is 21.7. The number of nitrogens with one attached hydrogen (secondary N) is 2. The van der Waals surface area contributed by atoms with Gasteiger partial charge in [-0.3, -0.25) is 51.7 Å². The van der Waals surface area contributed by atoms with Crippen molar-refractivity contribution in [3.63, 3.8) is 0 Å². The van der Waals surface area contributed by atoms with Crippen molar-refractivity contribution in [3.8, 4) is 0 Å². The highest BCUT2D eigenvalue weighted by molar-refractivity contribution is 7.74. The zero-order chi connectivity index (χ0) is 55.6. The molecule has 3 saturated heterocycles. The van der Waals surface area contributed by atoms with Crippen molar-refractivity contribution in [2.45, 2.75) is 73.5 Å². The molecule has 76 heavy (non-hydrogen) atoms. The number of imidazole rings is 2. The summed E-state index contributed by atoms with van der Waals surface area (Å²) in [7, 11) is -17.2. The molecule has 418 valence electrons. The Hall–Kier alpha value is -5.03. The van der Waals surface area contributed by atoms with Crippen LogP contribution in [0.25, 0.3) is 22.3 Å². The van der Waals surface area contributed by atoms with Crippen LogP contribution in [0.2, 0.25) is 0 Å². The molecule has 0 aliphatic carbocycles. The van der Waals surface area contributed by atoms with E-state index in [1.54, 1.807) is 0 Å². The van der Waals surface area contributed by atoms with Gasteiger partial charge < -0.3 is 83.8 Å². The number of amides is 1. The van der Waals surface area contributed by atoms with Crippen molar-refractivity contribution in [2.24, 2.45) is 13.0 Å². The summed E-state index contributed by atoms with van der Waals surface area (Å²) >= 11 is 0. The van der Waals surface area contributed by atoms with Gasteiger partial charge in [-0.2, -0.15) is 0 Å². The van der Waals surface area contributed by atoms with E-state index < -0.39 is 158 Å². The zero-order valence-electron chi connectivity index (χ0n) is 39.9. The number of anilines is 2. The number of aromatic nitrogens is 10. The van der Waals surface area contributed by atoms with Crippen LogP contribution >= 0.6 is 30.6 Å². The van der Waals surface area contributed by atoms with Gasteiger partial charge in [-0.15, -0.1) is 0 Å². The van der Waals surface area contributed by atoms with Crippen molar-refractivity contribution in [2.75, 3.05) is 58.4 Å². The molecule has 12 N–H and O–H groups in total. The van der Waals surface area contributed by atoms with Gasteiger partial charge in [-0.1, -0.05) is 4.98 Å². The maximum atomic E-state index is 14.2. The fraction of sp³-hybridized carbons (Fsp3) is 0.583. The minimum Gasteiger partial charge on any atom is -0.778 e. The molecular weight excluding hydrogens is 1110 g/mol. The number of hydrogen-bond donors (Lipinski definition) is 10. The lowest BCUT2D eigenvalue weighted by atomic mass is 9.94. The summed E-state index contributed by atoms with van der Waals surface area (Å²) in [5.41, 5.74) is 7.12. The molecule has 0 radical (unpaired) electrons. The first-order valence-electron chi connectivity index (χ1n) is 22.2. The molecule has 1 amide bonds. The van der Waals surface area contributed by atoms with Crippen LogP contribution in [0.15, 0.2) is 45.6 Å². The van der Waals surface area contributed by atoms with E-state index in [0.29, 0.717) is 0 Å². The summed E-state index contributed by atoms with van der Waals surface area (Å²) in [4.78, 5) is 118. The number of H-pyrrole nitrogens is 2. The van der Waals surface area contributed by atoms with E-state index in [1.807, 2.05) is 4.98 Å². The molecule has 16 atom stereocenters. The molecule has 3 aliphatic heterocycles. The van der Waals surface area contributed by atoms with Crippen LogP contribution in [0.1, 0.15) is 25.1 Å². The van der Waals surface area contributed by atoms with Crippen molar-refractivity contribution in [1.29, 1.82) is 0 Å². The fourth-order valence-corrected chi connectivity index (χ4v) is 15.6. The van der Waals surface area contributed by atoms with Crippen LogP contribution in [0.5, 0.6) is 0 Å². The molecule has 8 rings (SSSR count). The van der Waals surface area contributed by atoms with Gasteiger partial charge in [0.1, 0.15) is 50.0 Å². The second-order valence-electron chi connectivity index (χ2n) is 17.8. The Labute approximate surface area is 424 Å². The fourth-order valence-electron chi connectivity index (χ4n) is 8.87. The Morgan fingerprint density at radius 2 is 1.57 bits per heavy atom. The number of carbonyl (C=O) groups is 1. The number of aliphatic hydroxyl groups excluding tert-OH is 3. The average Bonchev–Trinajstić information content (AvgIpc) is 4.13. The topological polar surface area (TPSA) is 512 Å². The van der Waals surface area contributed by atoms with Gasteiger partial charge in [0, 0.05) is 45.8 Å². The monoisotopic (exact) mass is 1160 g/mol. The van der Waals surface area contributed by atoms with Crippen LogP contribution in [0.3, 0.4) is 0 Å². The third kappa shape index (κ3) is 11.7. The number of nitrogens with zero attached hydrogens (tertiary/aromatic N) is 9. The summed E-state index contributed by atoms with van der Waals surface area (Å²) in [6.45, 7) is -3.29. The van der Waals surface area contributed by atoms with Crippen molar-refractivity contribution in [1.82, 2.24) is 48.5 Å². The highest BCUT2D eigenvalue weighted by atomic mass is 31.3. The number of ether oxygens (including phenoxy) is 4. The Morgan fingerprint density at radius 1 is 0.882 bits per heavy atom. The minimum absolute atomic E-state index is 0.000961. The van der Waals surface area contributed by atoms with Gasteiger partial charge in [-0.25, -0.2) is 33.2 Å². The molecule has 0 bridgehead atoms. The van der Waals surface area contributed by atoms with Crippen LogP contribution in [0.4, 0.5) is 11.8 Å². The first-order valence-corrected chi connectivity index (χ1v) is 28.8. The molecule has 5 aromatic heterocycles. The van der Waals surface area contributed by atoms with Gasteiger partial charge >= 0.3 is 34.4 Å². The lowest BCUT2D eigenvalue weighted by Gasteiger charge is -2.35. The molecule has 3 fully saturated rings. The molecule has 0 spiro atoms. The summed E-state index contributed by atoms with van der Waals surface area (Å²) in [5, 5.41) is 33.0. The van der Waals surface area contributed by atoms with E-state index in [0.717, 1.165) is 36.6 Å². The van der Waals surface area contributed by atoms with Gasteiger partial charge in [0.25, 0.3) is 17.1 Å². The predicted molar refractivity (Wildman–Crippen MR) is 249 cm³/mol. The van der Waals surface area contributed by atoms with E-state index in [4.69, 9.17) is 44.0 Å². The van der Waals surface area contributed by atoms with E-state index in [1.165, 1.54) is 46.1 Å². The van der Waals surface area contributed by atoms with E-state index in [9.17, 15) is 72.3 Å². The first kappa shape index (κ1) is 57.2. The first-order chi connectivity index (χ1) is 35.5. The van der Waals surface area contributed by atoms with E-state index in [-0.39, 0.29) is 34.1 Å². The standard InChI is InChI=1S/C36H51N13O23P4/c1-45(2)20(51)7-15-16(69-32(23(15)52)49-13-46(3)22-30(49)43-35(38)44-31(22)55)8-68-76(63,64)72-74(59,60)14-73(57,58)66-10-18-27(26(65-4)34(71-18)48-12-41-21-28(37)39-11-40-29(21)48)75(61,62)67-9-17-24(53)25(54)33(70-17)47-6-5-19(50)42-36(47)56/h5-6,11-13,15-18,23-27,32-34,52-54H,7-10,14H2,1-4H3,(H9-,37,38,39,40,42,43,44,50,55,56,57,58,59,60,61,62,63,64)/t15-,16-,17-,18-,23-,24-,25-,26-,27-,32?,33-,34-/m1/s1. The normalized spacial score (nSPS) is 30.0. The number of nitrogen functional groups attached to an aromatic ring is 2. The number of aliphatic hydroxyl groups is 3. The van der Waals surface area contributed by atoms with E-state index >= 15 is 0 Å². The largest absolute Gasteiger partial charge is 0.778 e. The SMILES string of the molecule is CO[C@@H]1[C@H](P(=O)([O-])OC[C@H]2O[C@@H](n3ccc(=O)[nH]c3=O)[C@H](O)[C@@H]2O)[C@@H](COP(=O)(O)CP(=O)(O)OP(=O)(O)OC[C@H]2OC([n+]3cn(C)c4c(=O)[nH]c(N)nc43)[C@H](O)[C@@H]2CC(=O)N(C)C)O[C@H]1n1cnc2c(N)ncnc21. The zero-order valence-corrected chi connectivity index (χ0v) is 43.5. The molecular formula is C36H51N13O23P4. The van der Waals surface area contributed by atoms with Gasteiger partial charge in [0.2, 0.25) is 17.7 Å². The minimum atomic E-state index is -5.77. The molecule has 5 aromatic rings. The predicted octanol–water partition coefficient (Wildman–Crippen LogP) is -4.59. The number of nitrogens with two attached hydrogens (primary N) is 2. The Morgan fingerprint density at radius 3 is 2.25 bits per heavy atom. The lowest BCUT2D eigenvalue weighted by Crippen LogP contribution is -2.45. The molecule has 36 nitrogen and oxygen atoms in total. The Balaban J connectivity index is 0.969. The van der Waals surface area contributed by atoms with Gasteiger partial charge in [0.15, 0.2) is 36.2 Å². The van der Waals surface area contributed by atoms with Crippen molar-refractivity contribution in [3.05, 3.63) is 62.4 Å². The number of aromatic amines is 2. The molecule has 40 heteroatoms. The third-order valence-corrected chi connectivity index (χ3v) is 20.0. The van der Waals surface area contributed by atoms with Crippen molar-refractivity contribution >= 4 is 70.6 Å². The molecule has 5 unspecified atom stereocenters. The molecule has 0 saturated carbocycles. The van der Waals surface area contributed by atoms with Gasteiger partial charge in [-0.05, 0) is 0 Å². The number of rotatable bonds is 20. The summed E-state index contributed by atoms with van der Waals surface area (Å²) < 4.78 is 102.